The van der Waals surface area contributed by atoms with Crippen molar-refractivity contribution in [3.05, 3.63) is 63.7 Å². The summed E-state index contributed by atoms with van der Waals surface area (Å²) >= 11 is 0.753. The number of hydrogen-bond donors (Lipinski definition) is 3. The van der Waals surface area contributed by atoms with E-state index in [1.165, 1.54) is 19.1 Å². The molecule has 11 nitrogen and oxygen atoms in total. The summed E-state index contributed by atoms with van der Waals surface area (Å²) in [6.45, 7) is 4.71. The van der Waals surface area contributed by atoms with Crippen LogP contribution in [0.3, 0.4) is 0 Å². The highest BCUT2D eigenvalue weighted by atomic mass is 32.1. The zero-order valence-corrected chi connectivity index (χ0v) is 23.7. The zero-order valence-electron chi connectivity index (χ0n) is 22.9. The third-order valence-electron chi connectivity index (χ3n) is 6.74. The van der Waals surface area contributed by atoms with E-state index >= 15 is 0 Å². The van der Waals surface area contributed by atoms with Crippen LogP contribution in [0.15, 0.2) is 36.4 Å². The number of amides is 3. The van der Waals surface area contributed by atoms with Crippen LogP contribution in [-0.2, 0) is 9.53 Å². The van der Waals surface area contributed by atoms with Crippen molar-refractivity contribution >= 4 is 40.6 Å². The Kier molecular flexibility index (Phi) is 8.90. The van der Waals surface area contributed by atoms with Gasteiger partial charge in [-0.25, -0.2) is 0 Å². The minimum atomic E-state index is -1.16. The average Bonchev–Trinajstić information content (AvgIpc) is 3.60. The van der Waals surface area contributed by atoms with Crippen molar-refractivity contribution in [1.82, 2.24) is 9.69 Å². The van der Waals surface area contributed by atoms with Gasteiger partial charge in [0.1, 0.15) is 10.9 Å². The molecule has 0 radical (unpaired) electrons. The van der Waals surface area contributed by atoms with Crippen LogP contribution >= 0.6 is 11.5 Å². The number of nitrogens with one attached hydrogen (secondary N) is 1. The van der Waals surface area contributed by atoms with E-state index in [0.29, 0.717) is 29.4 Å². The number of primary amides is 1. The number of nitrogen functional groups attached to an aromatic ring is 1. The molecule has 1 aromatic heterocycles. The Morgan fingerprint density at radius 3 is 2.50 bits per heavy atom. The summed E-state index contributed by atoms with van der Waals surface area (Å²) < 4.78 is 20.6. The monoisotopic (exact) mass is 567 g/mol. The van der Waals surface area contributed by atoms with E-state index in [-0.39, 0.29) is 28.9 Å². The van der Waals surface area contributed by atoms with E-state index in [1.54, 1.807) is 24.3 Å². The Balaban J connectivity index is 1.89. The van der Waals surface area contributed by atoms with Crippen LogP contribution < -0.4 is 31.2 Å². The van der Waals surface area contributed by atoms with Crippen molar-refractivity contribution in [2.24, 2.45) is 5.73 Å². The first-order chi connectivity index (χ1) is 19.2. The lowest BCUT2D eigenvalue weighted by molar-refractivity contribution is -0.123. The van der Waals surface area contributed by atoms with Crippen LogP contribution in [0.2, 0.25) is 0 Å². The molecule has 5 N–H and O–H groups in total. The van der Waals surface area contributed by atoms with E-state index in [4.69, 9.17) is 25.7 Å². The summed E-state index contributed by atoms with van der Waals surface area (Å²) in [5.74, 6) is -1.04. The molecule has 1 fully saturated rings. The van der Waals surface area contributed by atoms with E-state index in [9.17, 15) is 14.4 Å². The number of benzene rings is 2. The fraction of sp³-hybridized carbons (Fsp3) is 0.357. The summed E-state index contributed by atoms with van der Waals surface area (Å²) in [5, 5.41) is 2.97. The van der Waals surface area contributed by atoms with Crippen LogP contribution in [0.1, 0.15) is 55.7 Å². The third-order valence-corrected chi connectivity index (χ3v) is 7.60. The summed E-state index contributed by atoms with van der Waals surface area (Å²) in [7, 11) is 3.00. The Hall–Kier alpha value is -4.16. The molecule has 3 amide bonds. The van der Waals surface area contributed by atoms with Gasteiger partial charge in [-0.15, -0.1) is 0 Å². The Bertz CT molecular complexity index is 1420. The van der Waals surface area contributed by atoms with Crippen molar-refractivity contribution in [3.8, 4) is 11.5 Å². The molecule has 212 valence electrons. The van der Waals surface area contributed by atoms with Gasteiger partial charge in [0.05, 0.1) is 26.0 Å². The summed E-state index contributed by atoms with van der Waals surface area (Å²) in [6.07, 6.45) is 1.63. The number of carbonyl (C=O) groups excluding carboxylic acids is 3. The van der Waals surface area contributed by atoms with E-state index in [0.717, 1.165) is 35.5 Å². The Labute approximate surface area is 236 Å². The number of hydrogen-bond acceptors (Lipinski definition) is 9. The fourth-order valence-electron chi connectivity index (χ4n) is 4.74. The first-order valence-electron chi connectivity index (χ1n) is 12.7. The highest BCUT2D eigenvalue weighted by Gasteiger charge is 2.37. The van der Waals surface area contributed by atoms with Crippen LogP contribution in [0, 0.1) is 13.8 Å². The number of carbonyl (C=O) groups is 3. The van der Waals surface area contributed by atoms with Gasteiger partial charge in [0.25, 0.3) is 11.8 Å². The normalized spacial score (nSPS) is 15.3. The molecule has 12 heteroatoms. The predicted octanol–water partition coefficient (Wildman–Crippen LogP) is 3.14. The molecule has 1 aliphatic heterocycles. The molecule has 0 unspecified atom stereocenters. The first kappa shape index (κ1) is 28.8. The van der Waals surface area contributed by atoms with E-state index in [2.05, 4.69) is 9.69 Å². The molecular weight excluding hydrogens is 534 g/mol. The lowest BCUT2D eigenvalue weighted by Crippen LogP contribution is -2.46. The maximum absolute atomic E-state index is 14.3. The van der Waals surface area contributed by atoms with Gasteiger partial charge in [-0.05, 0) is 67.5 Å². The molecule has 40 heavy (non-hydrogen) atoms. The smallest absolute Gasteiger partial charge is 0.273 e. The quantitative estimate of drug-likeness (QED) is 0.337. The van der Waals surface area contributed by atoms with Crippen LogP contribution in [0.25, 0.3) is 0 Å². The molecule has 2 heterocycles. The average molecular weight is 568 g/mol. The van der Waals surface area contributed by atoms with E-state index in [1.807, 2.05) is 26.0 Å². The summed E-state index contributed by atoms with van der Waals surface area (Å²) in [6, 6.07) is 9.41. The number of ether oxygens (including phenoxy) is 3. The summed E-state index contributed by atoms with van der Waals surface area (Å²) in [4.78, 5) is 41.5. The number of nitrogens with zero attached hydrogens (tertiary/aromatic N) is 2. The molecule has 4 rings (SSSR count). The number of anilines is 2. The van der Waals surface area contributed by atoms with Gasteiger partial charge in [0.2, 0.25) is 5.91 Å². The SMILES string of the molecule is COc1ccc([C@H](C(=O)NC[C@H]2CCCO2)N(C(=O)c2snc(C(N)=O)c2N)c2ccc(C)cc2C)cc1OC. The lowest BCUT2D eigenvalue weighted by Gasteiger charge is -2.33. The maximum Gasteiger partial charge on any atom is 0.273 e. The topological polar surface area (TPSA) is 159 Å². The lowest BCUT2D eigenvalue weighted by atomic mass is 10.00. The molecule has 0 saturated carbocycles. The molecule has 2 atom stereocenters. The van der Waals surface area contributed by atoms with Crippen LogP contribution in [-0.4, -0.2) is 55.6 Å². The Morgan fingerprint density at radius 1 is 1.15 bits per heavy atom. The minimum absolute atomic E-state index is 0.00817. The second kappa shape index (κ2) is 12.3. The molecule has 1 aliphatic rings. The molecule has 3 aromatic rings. The van der Waals surface area contributed by atoms with Gasteiger partial charge in [0, 0.05) is 18.8 Å². The standard InChI is InChI=1S/C28H33N5O6S/c1-15-7-9-19(16(2)12-15)33(28(36)25-22(29)23(26(30)34)32-40-25)24(27(35)31-14-18-6-5-11-39-18)17-8-10-20(37-3)21(13-17)38-4/h7-10,12-13,18,24H,5-6,11,14,29H2,1-4H3,(H2,30,34)(H,31,35)/t18-,24-/m1/s1. The van der Waals surface area contributed by atoms with Gasteiger partial charge in [-0.3, -0.25) is 19.3 Å². The largest absolute Gasteiger partial charge is 0.493 e. The molecule has 1 saturated heterocycles. The van der Waals surface area contributed by atoms with Gasteiger partial charge in [0.15, 0.2) is 17.2 Å². The molecule has 2 aromatic carbocycles. The number of methoxy groups -OCH3 is 2. The highest BCUT2D eigenvalue weighted by molar-refractivity contribution is 7.09. The summed E-state index contributed by atoms with van der Waals surface area (Å²) in [5.41, 5.74) is 13.9. The van der Waals surface area contributed by atoms with Crippen LogP contribution in [0.4, 0.5) is 11.4 Å². The molecule has 0 spiro atoms. The number of aryl methyl sites for hydroxylation is 2. The number of aromatic nitrogens is 1. The van der Waals surface area contributed by atoms with Crippen molar-refractivity contribution in [2.75, 3.05) is 38.0 Å². The number of nitrogens with two attached hydrogens (primary N) is 2. The molecule has 0 bridgehead atoms. The van der Waals surface area contributed by atoms with Crippen molar-refractivity contribution in [1.29, 1.82) is 0 Å². The van der Waals surface area contributed by atoms with Gasteiger partial charge < -0.3 is 31.0 Å². The van der Waals surface area contributed by atoms with Crippen molar-refractivity contribution < 1.29 is 28.6 Å². The fourth-order valence-corrected chi connectivity index (χ4v) is 5.48. The van der Waals surface area contributed by atoms with Gasteiger partial charge >= 0.3 is 0 Å². The predicted molar refractivity (Wildman–Crippen MR) is 152 cm³/mol. The second-order valence-electron chi connectivity index (χ2n) is 9.50. The van der Waals surface area contributed by atoms with E-state index < -0.39 is 23.8 Å². The Morgan fingerprint density at radius 2 is 1.90 bits per heavy atom. The molecule has 0 aliphatic carbocycles. The second-order valence-corrected chi connectivity index (χ2v) is 10.3. The third kappa shape index (κ3) is 5.87. The van der Waals surface area contributed by atoms with Crippen molar-refractivity contribution in [3.63, 3.8) is 0 Å². The van der Waals surface area contributed by atoms with Crippen LogP contribution in [0.5, 0.6) is 11.5 Å². The minimum Gasteiger partial charge on any atom is -0.493 e. The highest BCUT2D eigenvalue weighted by Crippen LogP contribution is 2.38. The maximum atomic E-state index is 14.3. The van der Waals surface area contributed by atoms with Crippen molar-refractivity contribution in [2.45, 2.75) is 38.8 Å². The van der Waals surface area contributed by atoms with Gasteiger partial charge in [-0.1, -0.05) is 23.8 Å². The van der Waals surface area contributed by atoms with Gasteiger partial charge in [-0.2, -0.15) is 4.37 Å². The first-order valence-corrected chi connectivity index (χ1v) is 13.5. The number of rotatable bonds is 10. The molecular formula is C28H33N5O6S. The zero-order chi connectivity index (χ0) is 29.0.